The molecule has 1 N–H and O–H groups in total. The standard InChI is InChI=1S/C18H17F2N5O2/c19-18(20)27-15-8-6-13(7-9-15)10-11-21-16(26)12-25-23-17(22-24-25)14-4-2-1-3-5-14/h1-9,18H,10-12H2,(H,21,26). The summed E-state index contributed by atoms with van der Waals surface area (Å²) in [6, 6.07) is 15.6. The Hall–Kier alpha value is -3.36. The molecule has 27 heavy (non-hydrogen) atoms. The van der Waals surface area contributed by atoms with Gasteiger partial charge in [0.15, 0.2) is 0 Å². The molecule has 0 aliphatic heterocycles. The van der Waals surface area contributed by atoms with Gasteiger partial charge in [-0.2, -0.15) is 13.6 Å². The number of rotatable bonds is 8. The monoisotopic (exact) mass is 373 g/mol. The van der Waals surface area contributed by atoms with E-state index in [4.69, 9.17) is 0 Å². The van der Waals surface area contributed by atoms with E-state index in [1.54, 1.807) is 12.1 Å². The number of carbonyl (C=O) groups excluding carboxylic acids is 1. The third-order valence-corrected chi connectivity index (χ3v) is 3.65. The highest BCUT2D eigenvalue weighted by Crippen LogP contribution is 2.15. The Labute approximate surface area is 154 Å². The molecule has 2 aromatic carbocycles. The summed E-state index contributed by atoms with van der Waals surface area (Å²) < 4.78 is 28.5. The number of benzene rings is 2. The lowest BCUT2D eigenvalue weighted by atomic mass is 10.1. The third kappa shape index (κ3) is 5.56. The van der Waals surface area contributed by atoms with E-state index in [2.05, 4.69) is 25.5 Å². The minimum atomic E-state index is -2.84. The van der Waals surface area contributed by atoms with E-state index < -0.39 is 6.61 Å². The van der Waals surface area contributed by atoms with Crippen molar-refractivity contribution in [2.45, 2.75) is 19.6 Å². The van der Waals surface area contributed by atoms with Crippen molar-refractivity contribution in [3.05, 3.63) is 60.2 Å². The first-order valence-electron chi connectivity index (χ1n) is 8.24. The molecular formula is C18H17F2N5O2. The Morgan fingerprint density at radius 3 is 2.56 bits per heavy atom. The summed E-state index contributed by atoms with van der Waals surface area (Å²) in [5.41, 5.74) is 1.71. The molecule has 1 aromatic heterocycles. The van der Waals surface area contributed by atoms with Crippen LogP contribution in [0.2, 0.25) is 0 Å². The number of nitrogens with one attached hydrogen (secondary N) is 1. The zero-order valence-corrected chi connectivity index (χ0v) is 14.3. The second-order valence-electron chi connectivity index (χ2n) is 5.63. The van der Waals surface area contributed by atoms with Crippen LogP contribution in [0.3, 0.4) is 0 Å². The van der Waals surface area contributed by atoms with Gasteiger partial charge in [-0.1, -0.05) is 42.5 Å². The smallest absolute Gasteiger partial charge is 0.387 e. The van der Waals surface area contributed by atoms with Gasteiger partial charge >= 0.3 is 6.61 Å². The second kappa shape index (κ2) is 8.84. The maximum atomic E-state index is 12.1. The highest BCUT2D eigenvalue weighted by atomic mass is 19.3. The summed E-state index contributed by atoms with van der Waals surface area (Å²) >= 11 is 0. The van der Waals surface area contributed by atoms with Gasteiger partial charge in [-0.25, -0.2) is 0 Å². The summed E-state index contributed by atoms with van der Waals surface area (Å²) in [4.78, 5) is 13.2. The zero-order valence-electron chi connectivity index (χ0n) is 14.3. The average molecular weight is 373 g/mol. The Bertz CT molecular complexity index is 869. The van der Waals surface area contributed by atoms with Crippen molar-refractivity contribution in [1.29, 1.82) is 0 Å². The van der Waals surface area contributed by atoms with Gasteiger partial charge in [-0.3, -0.25) is 4.79 Å². The van der Waals surface area contributed by atoms with Crippen molar-refractivity contribution in [2.24, 2.45) is 0 Å². The molecule has 0 unspecified atom stereocenters. The molecule has 0 radical (unpaired) electrons. The van der Waals surface area contributed by atoms with E-state index >= 15 is 0 Å². The molecule has 1 heterocycles. The summed E-state index contributed by atoms with van der Waals surface area (Å²) in [6.07, 6.45) is 0.556. The fourth-order valence-corrected chi connectivity index (χ4v) is 2.38. The van der Waals surface area contributed by atoms with Crippen LogP contribution >= 0.6 is 0 Å². The van der Waals surface area contributed by atoms with Crippen molar-refractivity contribution >= 4 is 5.91 Å². The number of hydrogen-bond acceptors (Lipinski definition) is 5. The molecule has 0 bridgehead atoms. The number of tetrazole rings is 1. The number of halogens is 2. The molecular weight excluding hydrogens is 356 g/mol. The predicted molar refractivity (Wildman–Crippen MR) is 93.0 cm³/mol. The van der Waals surface area contributed by atoms with Crippen LogP contribution < -0.4 is 10.1 Å². The molecule has 0 fully saturated rings. The largest absolute Gasteiger partial charge is 0.435 e. The van der Waals surface area contributed by atoms with E-state index in [0.29, 0.717) is 18.8 Å². The van der Waals surface area contributed by atoms with Crippen LogP contribution in [-0.4, -0.2) is 39.3 Å². The maximum Gasteiger partial charge on any atom is 0.387 e. The van der Waals surface area contributed by atoms with Gasteiger partial charge in [0.2, 0.25) is 11.7 Å². The van der Waals surface area contributed by atoms with E-state index in [0.717, 1.165) is 11.1 Å². The molecule has 3 rings (SSSR count). The van der Waals surface area contributed by atoms with E-state index in [1.165, 1.54) is 16.9 Å². The molecule has 1 amide bonds. The van der Waals surface area contributed by atoms with Gasteiger partial charge in [-0.15, -0.1) is 10.2 Å². The first-order valence-corrected chi connectivity index (χ1v) is 8.24. The van der Waals surface area contributed by atoms with E-state index in [-0.39, 0.29) is 18.2 Å². The summed E-state index contributed by atoms with van der Waals surface area (Å²) in [6.45, 7) is -2.49. The molecule has 0 saturated heterocycles. The van der Waals surface area contributed by atoms with Crippen molar-refractivity contribution < 1.29 is 18.3 Å². The van der Waals surface area contributed by atoms with Crippen molar-refractivity contribution in [1.82, 2.24) is 25.5 Å². The number of aromatic nitrogens is 4. The molecule has 0 aliphatic rings. The molecule has 0 spiro atoms. The van der Waals surface area contributed by atoms with Crippen molar-refractivity contribution in [2.75, 3.05) is 6.54 Å². The lowest BCUT2D eigenvalue weighted by Crippen LogP contribution is -2.30. The first kappa shape index (κ1) is 18.4. The van der Waals surface area contributed by atoms with E-state index in [9.17, 15) is 13.6 Å². The number of ether oxygens (including phenoxy) is 1. The maximum absolute atomic E-state index is 12.1. The third-order valence-electron chi connectivity index (χ3n) is 3.65. The molecule has 0 saturated carbocycles. The van der Waals surface area contributed by atoms with Crippen LogP contribution in [-0.2, 0) is 17.8 Å². The number of carbonyl (C=O) groups is 1. The van der Waals surface area contributed by atoms with Gasteiger partial charge in [0.05, 0.1) is 0 Å². The fourth-order valence-electron chi connectivity index (χ4n) is 2.38. The van der Waals surface area contributed by atoms with Crippen LogP contribution in [0.5, 0.6) is 5.75 Å². The van der Waals surface area contributed by atoms with Gasteiger partial charge in [-0.05, 0) is 29.3 Å². The molecule has 0 aliphatic carbocycles. The van der Waals surface area contributed by atoms with Crippen LogP contribution in [0, 0.1) is 0 Å². The second-order valence-corrected chi connectivity index (χ2v) is 5.63. The zero-order chi connectivity index (χ0) is 19.1. The Morgan fingerprint density at radius 2 is 1.85 bits per heavy atom. The quantitative estimate of drug-likeness (QED) is 0.655. The van der Waals surface area contributed by atoms with Gasteiger partial charge in [0.25, 0.3) is 0 Å². The Kier molecular flexibility index (Phi) is 6.03. The minimum Gasteiger partial charge on any atom is -0.435 e. The fraction of sp³-hybridized carbons (Fsp3) is 0.222. The number of hydrogen-bond donors (Lipinski definition) is 1. The van der Waals surface area contributed by atoms with Crippen molar-refractivity contribution in [3.8, 4) is 17.1 Å². The highest BCUT2D eigenvalue weighted by Gasteiger charge is 2.09. The topological polar surface area (TPSA) is 81.9 Å². The van der Waals surface area contributed by atoms with Gasteiger partial charge in [0.1, 0.15) is 12.3 Å². The Balaban J connectivity index is 1.44. The van der Waals surface area contributed by atoms with Gasteiger partial charge < -0.3 is 10.1 Å². The summed E-state index contributed by atoms with van der Waals surface area (Å²) in [7, 11) is 0. The summed E-state index contributed by atoms with van der Waals surface area (Å²) in [5.74, 6) is 0.309. The minimum absolute atomic E-state index is 0.0407. The van der Waals surface area contributed by atoms with Crippen molar-refractivity contribution in [3.63, 3.8) is 0 Å². The number of alkyl halides is 2. The van der Waals surface area contributed by atoms with E-state index in [1.807, 2.05) is 30.3 Å². The first-order chi connectivity index (χ1) is 13.1. The SMILES string of the molecule is O=C(Cn1nnc(-c2ccccc2)n1)NCCc1ccc(OC(F)F)cc1. The molecule has 7 nitrogen and oxygen atoms in total. The summed E-state index contributed by atoms with van der Waals surface area (Å²) in [5, 5.41) is 14.7. The predicted octanol–water partition coefficient (Wildman–Crippen LogP) is 2.30. The van der Waals surface area contributed by atoms with Crippen LogP contribution in [0.1, 0.15) is 5.56 Å². The molecule has 3 aromatic rings. The van der Waals surface area contributed by atoms with Crippen LogP contribution in [0.4, 0.5) is 8.78 Å². The van der Waals surface area contributed by atoms with Gasteiger partial charge in [0, 0.05) is 12.1 Å². The lowest BCUT2D eigenvalue weighted by molar-refractivity contribution is -0.122. The molecule has 9 heteroatoms. The highest BCUT2D eigenvalue weighted by molar-refractivity contribution is 5.75. The number of amides is 1. The van der Waals surface area contributed by atoms with Crippen LogP contribution in [0.15, 0.2) is 54.6 Å². The Morgan fingerprint density at radius 1 is 1.11 bits per heavy atom. The lowest BCUT2D eigenvalue weighted by Gasteiger charge is -2.07. The molecule has 140 valence electrons. The van der Waals surface area contributed by atoms with Crippen LogP contribution in [0.25, 0.3) is 11.4 Å². The number of nitrogens with zero attached hydrogens (tertiary/aromatic N) is 4. The average Bonchev–Trinajstić information content (AvgIpc) is 3.12. The molecule has 0 atom stereocenters. The normalized spacial score (nSPS) is 10.8.